The van der Waals surface area contributed by atoms with E-state index in [1.54, 1.807) is 0 Å². The van der Waals surface area contributed by atoms with Crippen molar-refractivity contribution in [2.24, 2.45) is 0 Å². The number of thiophene rings is 2. The Kier molecular flexibility index (Phi) is 21.4. The van der Waals surface area contributed by atoms with E-state index >= 15 is 0 Å². The molecule has 26 aromatic carbocycles. The zero-order valence-electron chi connectivity index (χ0n) is 80.3. The van der Waals surface area contributed by atoms with E-state index in [-0.39, 0.29) is 0 Å². The molecule has 0 unspecified atom stereocenters. The molecule has 0 spiro atoms. The summed E-state index contributed by atoms with van der Waals surface area (Å²) in [7, 11) is 0. The number of nitrogens with zero attached hydrogens (tertiary/aromatic N) is 1. The van der Waals surface area contributed by atoms with Crippen molar-refractivity contribution in [1.82, 2.24) is 4.40 Å². The minimum absolute atomic E-state index is 1.23. The second kappa shape index (κ2) is 36.5. The Morgan fingerprint density at radius 3 is 0.741 bits per heavy atom. The number of para-hydroxylation sites is 2. The quantitative estimate of drug-likeness (QED) is 0.101. The molecule has 0 fully saturated rings. The molecule has 0 N–H and O–H groups in total. The highest BCUT2D eigenvalue weighted by molar-refractivity contribution is 7.19. The summed E-state index contributed by atoms with van der Waals surface area (Å²) in [5.74, 6) is 0. The smallest absolute Gasteiger partial charge is 0.0620 e. The molecule has 0 radical (unpaired) electrons. The van der Waals surface area contributed by atoms with Gasteiger partial charge in [0, 0.05) is 41.1 Å². The SMILES string of the molecule is c1ccc(-c2ccc(-c3c4ccccc4c(-c4ccc5c6cccc7c8ccccc8n(c5c4)c76)c4ccccc34)c3ccccc23)cc1.c1ccc(-c2ccc(-c3cccc(-c4c5ccccc5c(-c5ccc(-c6cccc7ccccc67)c6ccccc56)c5ccccc45)c3)s2)cc1.c1ccc(-c2ccc(-c3cccc(-c4c5ccccc5c(-c5ccc(-c6ccccc6)c6ccccc56)c5ccccc45)c3)s2)cc1. The Morgan fingerprint density at radius 2 is 0.354 bits per heavy atom. The number of rotatable bonds is 13. The molecule has 1 nitrogen and oxygen atoms in total. The summed E-state index contributed by atoms with van der Waals surface area (Å²) in [6.45, 7) is 0. The zero-order valence-corrected chi connectivity index (χ0v) is 81.9. The fraction of sp³-hybridized carbons (Fsp3) is 0. The predicted octanol–water partition coefficient (Wildman–Crippen LogP) is 41.5. The minimum Gasteiger partial charge on any atom is -0.308 e. The first kappa shape index (κ1) is 86.4. The third-order valence-corrected chi connectivity index (χ3v) is 32.7. The average molecular weight is 1900 g/mol. The van der Waals surface area contributed by atoms with E-state index in [0.29, 0.717) is 0 Å². The fourth-order valence-electron chi connectivity index (χ4n) is 23.9. The van der Waals surface area contributed by atoms with Crippen LogP contribution in [0.3, 0.4) is 0 Å². The molecule has 4 heterocycles. The molecule has 0 saturated carbocycles. The third-order valence-electron chi connectivity index (χ3n) is 30.3. The second-order valence-corrected chi connectivity index (χ2v) is 40.6. The van der Waals surface area contributed by atoms with Gasteiger partial charge in [0.25, 0.3) is 0 Å². The van der Waals surface area contributed by atoms with Crippen LogP contribution in [0.2, 0.25) is 0 Å². The Balaban J connectivity index is 0.000000107. The van der Waals surface area contributed by atoms with Crippen molar-refractivity contribution in [2.75, 3.05) is 0 Å². The van der Waals surface area contributed by atoms with Gasteiger partial charge in [-0.15, -0.1) is 22.7 Å². The van der Waals surface area contributed by atoms with Crippen LogP contribution in [0, 0.1) is 0 Å². The van der Waals surface area contributed by atoms with E-state index < -0.39 is 0 Å². The van der Waals surface area contributed by atoms with E-state index in [4.69, 9.17) is 0 Å². The summed E-state index contributed by atoms with van der Waals surface area (Å²) >= 11 is 3.70. The third kappa shape index (κ3) is 14.8. The lowest BCUT2D eigenvalue weighted by Gasteiger charge is -2.20. The molecule has 3 heteroatoms. The minimum atomic E-state index is 1.23. The zero-order chi connectivity index (χ0) is 96.9. The van der Waals surface area contributed by atoms with Gasteiger partial charge in [-0.05, 0) is 279 Å². The monoisotopic (exact) mass is 1900 g/mol. The fourth-order valence-corrected chi connectivity index (χ4v) is 25.9. The summed E-state index contributed by atoms with van der Waals surface area (Å²) < 4.78 is 2.48. The Hall–Kier alpha value is -18.5. The van der Waals surface area contributed by atoms with Crippen LogP contribution in [0.15, 0.2) is 552 Å². The van der Waals surface area contributed by atoms with Gasteiger partial charge in [0.1, 0.15) is 0 Å². The number of hydrogen-bond donors (Lipinski definition) is 0. The molecule has 0 saturated heterocycles. The van der Waals surface area contributed by atoms with Gasteiger partial charge in [0.15, 0.2) is 0 Å². The van der Waals surface area contributed by atoms with Crippen LogP contribution < -0.4 is 0 Å². The van der Waals surface area contributed by atoms with Crippen LogP contribution >= 0.6 is 22.7 Å². The molecule has 0 atom stereocenters. The highest BCUT2D eigenvalue weighted by Gasteiger charge is 2.27. The summed E-state index contributed by atoms with van der Waals surface area (Å²) in [6, 6.07) is 203. The van der Waals surface area contributed by atoms with Crippen LogP contribution in [0.4, 0.5) is 0 Å². The molecule has 30 aromatic rings. The van der Waals surface area contributed by atoms with Crippen LogP contribution in [-0.2, 0) is 0 Å². The lowest BCUT2D eigenvalue weighted by atomic mass is 9.83. The van der Waals surface area contributed by atoms with Gasteiger partial charge >= 0.3 is 0 Å². The highest BCUT2D eigenvalue weighted by atomic mass is 32.1. The Bertz CT molecular complexity index is 10300. The summed E-state index contributed by atoms with van der Waals surface area (Å²) in [6.07, 6.45) is 0. The summed E-state index contributed by atoms with van der Waals surface area (Å²) in [5.41, 5.74) is 31.6. The van der Waals surface area contributed by atoms with Gasteiger partial charge in [-0.25, -0.2) is 0 Å². The van der Waals surface area contributed by atoms with E-state index in [1.807, 2.05) is 22.7 Å². The number of fused-ring (bicyclic) bond motifs is 16. The summed E-state index contributed by atoms with van der Waals surface area (Å²) in [4.78, 5) is 5.13. The molecule has 684 valence electrons. The van der Waals surface area contributed by atoms with E-state index in [2.05, 4.69) is 556 Å². The number of hydrogen-bond acceptors (Lipinski definition) is 2. The first-order valence-electron chi connectivity index (χ1n) is 50.7. The molecule has 147 heavy (non-hydrogen) atoms. The molecule has 0 aliphatic rings. The molecule has 0 amide bonds. The largest absolute Gasteiger partial charge is 0.308 e. The van der Waals surface area contributed by atoms with Crippen molar-refractivity contribution >= 4 is 168 Å². The normalized spacial score (nSPS) is 11.7. The van der Waals surface area contributed by atoms with Gasteiger partial charge in [0.05, 0.1) is 16.6 Å². The van der Waals surface area contributed by atoms with Crippen molar-refractivity contribution in [1.29, 1.82) is 0 Å². The van der Waals surface area contributed by atoms with Gasteiger partial charge in [-0.2, -0.15) is 0 Å². The van der Waals surface area contributed by atoms with Gasteiger partial charge in [0.2, 0.25) is 0 Å². The van der Waals surface area contributed by atoms with Crippen molar-refractivity contribution in [2.45, 2.75) is 0 Å². The highest BCUT2D eigenvalue weighted by Crippen LogP contribution is 2.54. The summed E-state index contributed by atoms with van der Waals surface area (Å²) in [5, 5.41) is 30.6. The Labute approximate surface area is 860 Å². The van der Waals surface area contributed by atoms with Gasteiger partial charge in [-0.3, -0.25) is 0 Å². The molecule has 30 rings (SSSR count). The standard InChI is InChI=1S/C50H32S.C48H29N.C46H30S/c1-2-15-34(16-3-1)47-30-31-48(51-47)35-18-12-19-36(32-35)49-42-23-8-10-25-44(42)50(45-26-11-9-24-43(45)49)46-29-28-41(39-21-6-7-22-40(39)46)38-27-13-17-33-14-4-5-20-37(33)38;1-2-13-30(14-3-1)32-27-28-41(34-16-5-4-15-33(32)34)47-39-20-8-6-18-37(39)46(38-19-7-9-21-40(38)47)31-25-26-36-43-23-12-22-42-35-17-10-11-24-44(35)49(48(42)43)45(36)29-31;1-3-14-31(15-4-1)35-26-27-42(37-21-8-7-20-36(35)37)46-40-24-11-9-22-38(40)45(39-23-10-12-25-41(39)46)34-19-13-18-33(30-34)44-29-28-43(47-44)32-16-5-2-6-17-32/h1-32H;1-29H;1-30H. The molecular weight excluding hydrogens is 1810 g/mol. The van der Waals surface area contributed by atoms with Crippen molar-refractivity contribution in [3.8, 4) is 142 Å². The molecule has 0 aliphatic heterocycles. The molecule has 0 aliphatic carbocycles. The molecule has 0 bridgehead atoms. The average Bonchev–Trinajstić information content (AvgIpc) is 1.48. The van der Waals surface area contributed by atoms with Gasteiger partial charge in [-0.1, -0.05) is 504 Å². The predicted molar refractivity (Wildman–Crippen MR) is 635 cm³/mol. The number of benzene rings is 26. The van der Waals surface area contributed by atoms with Crippen LogP contribution in [0.25, 0.3) is 288 Å². The maximum absolute atomic E-state index is 2.48. The Morgan fingerprint density at radius 1 is 0.116 bits per heavy atom. The van der Waals surface area contributed by atoms with Crippen LogP contribution in [0.1, 0.15) is 0 Å². The molecular formula is C144H91NS2. The lowest BCUT2D eigenvalue weighted by molar-refractivity contribution is 1.37. The first-order chi connectivity index (χ1) is 73.0. The second-order valence-electron chi connectivity index (χ2n) is 38.4. The van der Waals surface area contributed by atoms with Crippen molar-refractivity contribution in [3.05, 3.63) is 552 Å². The van der Waals surface area contributed by atoms with E-state index in [0.717, 1.165) is 0 Å². The maximum atomic E-state index is 2.48. The van der Waals surface area contributed by atoms with Crippen LogP contribution in [0.5, 0.6) is 0 Å². The maximum Gasteiger partial charge on any atom is 0.0620 e. The first-order valence-corrected chi connectivity index (χ1v) is 52.3. The molecule has 4 aromatic heterocycles. The van der Waals surface area contributed by atoms with Gasteiger partial charge < -0.3 is 4.40 Å². The van der Waals surface area contributed by atoms with Crippen LogP contribution in [-0.4, -0.2) is 4.40 Å². The lowest BCUT2D eigenvalue weighted by Crippen LogP contribution is -1.93. The van der Waals surface area contributed by atoms with E-state index in [1.165, 1.54) is 288 Å². The van der Waals surface area contributed by atoms with E-state index in [9.17, 15) is 0 Å². The topological polar surface area (TPSA) is 4.41 Å². The van der Waals surface area contributed by atoms with Crippen molar-refractivity contribution < 1.29 is 0 Å². The number of aromatic nitrogens is 1. The van der Waals surface area contributed by atoms with Crippen molar-refractivity contribution in [3.63, 3.8) is 0 Å².